The number of aromatic nitrogens is 2. The summed E-state index contributed by atoms with van der Waals surface area (Å²) in [5.41, 5.74) is -2.42. The Hall–Kier alpha value is -4.35. The van der Waals surface area contributed by atoms with Gasteiger partial charge in [0.15, 0.2) is 0 Å². The molecule has 0 bridgehead atoms. The summed E-state index contributed by atoms with van der Waals surface area (Å²) < 4.78 is 96.9. The summed E-state index contributed by atoms with van der Waals surface area (Å²) in [7, 11) is 1.28. The number of β-amino-alcohol motifs (C(OH)–C–C–N with tert-alkyl or cyclic N) is 1. The molecule has 2 aliphatic rings. The summed E-state index contributed by atoms with van der Waals surface area (Å²) >= 11 is 0. The van der Waals surface area contributed by atoms with Crippen molar-refractivity contribution in [3.8, 4) is 17.1 Å². The van der Waals surface area contributed by atoms with Gasteiger partial charge in [-0.25, -0.2) is 4.98 Å². The lowest BCUT2D eigenvalue weighted by molar-refractivity contribution is -0.143. The van der Waals surface area contributed by atoms with Gasteiger partial charge in [-0.3, -0.25) is 14.6 Å². The quantitative estimate of drug-likeness (QED) is 0.207. The second-order valence-corrected chi connectivity index (χ2v) is 12.5. The monoisotopic (exact) mass is 749 g/mol. The van der Waals surface area contributed by atoms with Gasteiger partial charge in [-0.15, -0.1) is 0 Å². The maximum atomic E-state index is 13.8. The average Bonchev–Trinajstić information content (AvgIpc) is 3.15. The molecule has 0 unspecified atom stereocenters. The highest BCUT2D eigenvalue weighted by Crippen LogP contribution is 2.37. The summed E-state index contributed by atoms with van der Waals surface area (Å²) in [6.07, 6.45) is -8.59. The summed E-state index contributed by atoms with van der Waals surface area (Å²) in [6, 6.07) is 14.1. The molecule has 3 aromatic carbocycles. The zero-order valence-corrected chi connectivity index (χ0v) is 29.1. The summed E-state index contributed by atoms with van der Waals surface area (Å²) in [5, 5.41) is 10.2. The number of aliphatic hydroxyl groups excluding tert-OH is 1. The molecule has 0 saturated carbocycles. The number of carbonyl (C=O) groups is 1. The van der Waals surface area contributed by atoms with Gasteiger partial charge >= 0.3 is 18.4 Å². The van der Waals surface area contributed by atoms with Crippen molar-refractivity contribution in [2.45, 2.75) is 18.9 Å². The molecule has 0 atom stereocenters. The third-order valence-electron chi connectivity index (χ3n) is 8.73. The van der Waals surface area contributed by atoms with E-state index in [4.69, 9.17) is 19.3 Å². The lowest BCUT2D eigenvalue weighted by atomic mass is 9.97. The Kier molecular flexibility index (Phi) is 13.6. The zero-order valence-electron chi connectivity index (χ0n) is 29.1. The number of nitrogens with zero attached hydrogens (tertiary/aromatic N) is 5. The molecule has 1 aromatic heterocycles. The van der Waals surface area contributed by atoms with Crippen LogP contribution in [0.25, 0.3) is 21.9 Å². The van der Waals surface area contributed by atoms with Crippen molar-refractivity contribution in [3.05, 3.63) is 89.2 Å². The van der Waals surface area contributed by atoms with E-state index in [1.54, 1.807) is 12.1 Å². The molecule has 4 aromatic rings. The number of amides is 1. The van der Waals surface area contributed by atoms with E-state index in [0.717, 1.165) is 61.6 Å². The first-order valence-electron chi connectivity index (χ1n) is 17.1. The van der Waals surface area contributed by atoms with E-state index in [1.807, 2.05) is 30.3 Å². The topological polar surface area (TPSA) is 100 Å². The predicted octanol–water partition coefficient (Wildman–Crippen LogP) is 5.63. The number of halogens is 6. The highest BCUT2D eigenvalue weighted by atomic mass is 19.4. The number of rotatable bonds is 10. The van der Waals surface area contributed by atoms with Gasteiger partial charge in [0.1, 0.15) is 12.3 Å². The Morgan fingerprint density at radius 3 is 2.02 bits per heavy atom. The Morgan fingerprint density at radius 1 is 0.830 bits per heavy atom. The van der Waals surface area contributed by atoms with Crippen LogP contribution < -0.4 is 4.74 Å². The third-order valence-corrected chi connectivity index (χ3v) is 8.73. The number of benzene rings is 3. The van der Waals surface area contributed by atoms with Gasteiger partial charge in [-0.2, -0.15) is 31.3 Å². The van der Waals surface area contributed by atoms with Gasteiger partial charge in [0, 0.05) is 64.6 Å². The van der Waals surface area contributed by atoms with Gasteiger partial charge in [-0.1, -0.05) is 42.5 Å². The van der Waals surface area contributed by atoms with Gasteiger partial charge in [-0.05, 0) is 40.1 Å². The number of carbonyl (C=O) groups excluding carboxylic acids is 1. The largest absolute Gasteiger partial charge is 0.462 e. The van der Waals surface area contributed by atoms with Crippen molar-refractivity contribution in [3.63, 3.8) is 0 Å². The summed E-state index contributed by atoms with van der Waals surface area (Å²) in [5.74, 6) is -0.737. The molecule has 0 aliphatic carbocycles. The Balaban J connectivity index is 0.000000526. The molecule has 2 saturated heterocycles. The van der Waals surface area contributed by atoms with E-state index in [9.17, 15) is 31.1 Å². The third kappa shape index (κ3) is 11.1. The molecule has 286 valence electrons. The number of ether oxygens (including phenoxy) is 3. The first kappa shape index (κ1) is 39.8. The Labute approximate surface area is 302 Å². The average molecular weight is 750 g/mol. The molecule has 1 amide bonds. The molecule has 10 nitrogen and oxygen atoms in total. The minimum atomic E-state index is -5.01. The van der Waals surface area contributed by atoms with Crippen LogP contribution in [-0.4, -0.2) is 122 Å². The highest BCUT2D eigenvalue weighted by Gasteiger charge is 2.37. The number of morpholine rings is 2. The fourth-order valence-electron chi connectivity index (χ4n) is 5.95. The molecule has 1 N–H and O–H groups in total. The normalized spacial score (nSPS) is 15.8. The van der Waals surface area contributed by atoms with Crippen LogP contribution in [0.4, 0.5) is 26.3 Å². The smallest absolute Gasteiger partial charge is 0.416 e. The van der Waals surface area contributed by atoms with E-state index in [-0.39, 0.29) is 36.5 Å². The standard InChI is InChI=1S/C31H28F6N4O3.C6H13NO2/c1-40(19-20-15-22(30(32,33)34)17-23(16-20)31(35,36)37)28(42)27-26(25-8-4-6-21-5-2-3-7-24(21)25)18-38-29(39-27)44-14-11-41-9-12-43-13-10-41;8-4-1-7-2-5-9-6-3-7/h2-8,15-18H,9-14,19H2,1H3;8H,1-6H2. The van der Waals surface area contributed by atoms with Crippen molar-refractivity contribution in [2.24, 2.45) is 0 Å². The lowest BCUT2D eigenvalue weighted by Gasteiger charge is -2.26. The lowest BCUT2D eigenvalue weighted by Crippen LogP contribution is -2.38. The van der Waals surface area contributed by atoms with Crippen LogP contribution in [0.3, 0.4) is 0 Å². The number of fused-ring (bicyclic) bond motifs is 1. The molecule has 0 spiro atoms. The molecular weight excluding hydrogens is 708 g/mol. The second kappa shape index (κ2) is 18.1. The SMILES string of the molecule is CN(Cc1cc(C(F)(F)F)cc(C(F)(F)F)c1)C(=O)c1nc(OCCN2CCOCC2)ncc1-c1cccc2ccccc12.OCCN1CCOCC1. The van der Waals surface area contributed by atoms with Crippen LogP contribution in [0.5, 0.6) is 6.01 Å². The van der Waals surface area contributed by atoms with E-state index >= 15 is 0 Å². The van der Waals surface area contributed by atoms with Crippen LogP contribution >= 0.6 is 0 Å². The van der Waals surface area contributed by atoms with Crippen LogP contribution in [0.2, 0.25) is 0 Å². The fourth-order valence-corrected chi connectivity index (χ4v) is 5.95. The van der Waals surface area contributed by atoms with E-state index < -0.39 is 35.9 Å². The van der Waals surface area contributed by atoms with E-state index in [1.165, 1.54) is 13.2 Å². The number of alkyl halides is 6. The van der Waals surface area contributed by atoms with Gasteiger partial charge < -0.3 is 24.2 Å². The second-order valence-electron chi connectivity index (χ2n) is 12.5. The predicted molar refractivity (Wildman–Crippen MR) is 184 cm³/mol. The Morgan fingerprint density at radius 2 is 1.42 bits per heavy atom. The van der Waals surface area contributed by atoms with Crippen LogP contribution in [0.1, 0.15) is 27.2 Å². The molecule has 53 heavy (non-hydrogen) atoms. The molecule has 2 fully saturated rings. The molecule has 16 heteroatoms. The molecule has 2 aliphatic heterocycles. The molecule has 0 radical (unpaired) electrons. The van der Waals surface area contributed by atoms with E-state index in [0.29, 0.717) is 43.0 Å². The minimum Gasteiger partial charge on any atom is -0.462 e. The zero-order chi connectivity index (χ0) is 38.0. The van der Waals surface area contributed by atoms with Crippen LogP contribution in [0.15, 0.2) is 66.9 Å². The first-order chi connectivity index (χ1) is 25.3. The van der Waals surface area contributed by atoms with Crippen molar-refractivity contribution in [1.82, 2.24) is 24.7 Å². The summed E-state index contributed by atoms with van der Waals surface area (Å²) in [4.78, 5) is 27.9. The number of hydrogen-bond acceptors (Lipinski definition) is 9. The van der Waals surface area contributed by atoms with Gasteiger partial charge in [0.05, 0.1) is 44.2 Å². The minimum absolute atomic E-state index is 0.0505. The molecule has 6 rings (SSSR count). The van der Waals surface area contributed by atoms with Crippen molar-refractivity contribution >= 4 is 16.7 Å². The van der Waals surface area contributed by atoms with Crippen molar-refractivity contribution < 1.29 is 50.5 Å². The highest BCUT2D eigenvalue weighted by molar-refractivity contribution is 6.04. The molecular formula is C37H41F6N5O5. The van der Waals surface area contributed by atoms with E-state index in [2.05, 4.69) is 19.8 Å². The Bertz CT molecular complexity index is 1770. The van der Waals surface area contributed by atoms with Crippen LogP contribution in [0, 0.1) is 0 Å². The van der Waals surface area contributed by atoms with Crippen LogP contribution in [-0.2, 0) is 28.4 Å². The maximum absolute atomic E-state index is 13.8. The van der Waals surface area contributed by atoms with Crippen molar-refractivity contribution in [1.29, 1.82) is 0 Å². The first-order valence-corrected chi connectivity index (χ1v) is 17.1. The summed E-state index contributed by atoms with van der Waals surface area (Å²) in [6.45, 7) is 7.59. The molecule has 3 heterocycles. The van der Waals surface area contributed by atoms with Gasteiger partial charge in [0.25, 0.3) is 5.91 Å². The number of hydrogen-bond donors (Lipinski definition) is 1. The fraction of sp³-hybridized carbons (Fsp3) is 0.432. The maximum Gasteiger partial charge on any atom is 0.416 e. The van der Waals surface area contributed by atoms with Gasteiger partial charge in [0.2, 0.25) is 0 Å². The van der Waals surface area contributed by atoms with Crippen molar-refractivity contribution in [2.75, 3.05) is 86.0 Å². The number of aliphatic hydroxyl groups is 1.